The van der Waals surface area contributed by atoms with Crippen molar-refractivity contribution in [2.24, 2.45) is 5.92 Å². The van der Waals surface area contributed by atoms with Crippen LogP contribution in [0.5, 0.6) is 0 Å². The van der Waals surface area contributed by atoms with Gasteiger partial charge in [-0.15, -0.1) is 0 Å². The van der Waals surface area contributed by atoms with Gasteiger partial charge in [-0.1, -0.05) is 46.5 Å². The topological polar surface area (TPSA) is 49.4 Å². The highest BCUT2D eigenvalue weighted by Crippen LogP contribution is 2.35. The van der Waals surface area contributed by atoms with Crippen LogP contribution in [0.3, 0.4) is 0 Å². The first-order valence-electron chi connectivity index (χ1n) is 8.63. The first-order valence-corrected chi connectivity index (χ1v) is 8.63. The number of carbonyl (C=O) groups excluding carboxylic acids is 2. The van der Waals surface area contributed by atoms with Crippen LogP contribution in [0.2, 0.25) is 0 Å². The van der Waals surface area contributed by atoms with E-state index in [1.165, 1.54) is 6.42 Å². The molecule has 0 bridgehead atoms. The van der Waals surface area contributed by atoms with Gasteiger partial charge in [0.05, 0.1) is 0 Å². The fraction of sp³-hybridized carbons (Fsp3) is 0.882. The van der Waals surface area contributed by atoms with Gasteiger partial charge in [0.1, 0.15) is 11.6 Å². The summed E-state index contributed by atoms with van der Waals surface area (Å²) < 4.78 is 0. The van der Waals surface area contributed by atoms with Crippen LogP contribution in [0.4, 0.5) is 0 Å². The highest BCUT2D eigenvalue weighted by Gasteiger charge is 2.51. The Balaban J connectivity index is 2.03. The third-order valence-corrected chi connectivity index (χ3v) is 4.99. The van der Waals surface area contributed by atoms with E-state index in [0.717, 1.165) is 45.1 Å². The zero-order valence-electron chi connectivity index (χ0n) is 13.8. The minimum atomic E-state index is -0.569. The SMILES string of the molecule is CCC1C(=O)NC2(CCCC2)C(=O)N1CCCCC(C)C. The van der Waals surface area contributed by atoms with Crippen LogP contribution in [-0.4, -0.2) is 34.8 Å². The zero-order chi connectivity index (χ0) is 15.5. The largest absolute Gasteiger partial charge is 0.340 e. The summed E-state index contributed by atoms with van der Waals surface area (Å²) in [6, 6.07) is -0.261. The molecule has 1 saturated carbocycles. The molecule has 1 aliphatic heterocycles. The molecule has 2 rings (SSSR count). The van der Waals surface area contributed by atoms with Gasteiger partial charge in [0.2, 0.25) is 11.8 Å². The summed E-state index contributed by atoms with van der Waals surface area (Å²) in [6.07, 6.45) is 7.76. The maximum absolute atomic E-state index is 12.9. The Bertz CT molecular complexity index is 386. The van der Waals surface area contributed by atoms with Gasteiger partial charge in [0.25, 0.3) is 0 Å². The quantitative estimate of drug-likeness (QED) is 0.766. The van der Waals surface area contributed by atoms with Gasteiger partial charge in [-0.25, -0.2) is 0 Å². The van der Waals surface area contributed by atoms with E-state index in [1.54, 1.807) is 0 Å². The minimum absolute atomic E-state index is 0.0582. The lowest BCUT2D eigenvalue weighted by molar-refractivity contribution is -0.155. The number of carbonyl (C=O) groups is 2. The molecule has 1 unspecified atom stereocenters. The average molecular weight is 294 g/mol. The molecule has 1 aliphatic carbocycles. The lowest BCUT2D eigenvalue weighted by Crippen LogP contribution is -2.69. The predicted molar refractivity (Wildman–Crippen MR) is 83.8 cm³/mol. The van der Waals surface area contributed by atoms with Crippen molar-refractivity contribution >= 4 is 11.8 Å². The maximum atomic E-state index is 12.9. The molecule has 2 aliphatic rings. The molecule has 2 amide bonds. The van der Waals surface area contributed by atoms with Crippen LogP contribution >= 0.6 is 0 Å². The second-order valence-electron chi connectivity index (χ2n) is 7.09. The monoisotopic (exact) mass is 294 g/mol. The first kappa shape index (κ1) is 16.3. The highest BCUT2D eigenvalue weighted by atomic mass is 16.2. The van der Waals surface area contributed by atoms with Crippen LogP contribution in [0.1, 0.15) is 72.1 Å². The van der Waals surface area contributed by atoms with E-state index in [1.807, 2.05) is 11.8 Å². The number of unbranched alkanes of at least 4 members (excludes halogenated alkanes) is 1. The molecule has 0 aromatic rings. The van der Waals surface area contributed by atoms with E-state index in [4.69, 9.17) is 0 Å². The summed E-state index contributed by atoms with van der Waals surface area (Å²) in [7, 11) is 0. The Morgan fingerprint density at radius 3 is 2.48 bits per heavy atom. The summed E-state index contributed by atoms with van der Waals surface area (Å²) >= 11 is 0. The number of piperazine rings is 1. The first-order chi connectivity index (χ1) is 10.00. The normalized spacial score (nSPS) is 25.0. The third-order valence-electron chi connectivity index (χ3n) is 4.99. The molecule has 1 atom stereocenters. The molecule has 0 aromatic heterocycles. The number of nitrogens with zero attached hydrogens (tertiary/aromatic N) is 1. The molecule has 4 nitrogen and oxygen atoms in total. The van der Waals surface area contributed by atoms with Gasteiger partial charge in [-0.3, -0.25) is 9.59 Å². The molecule has 0 aromatic carbocycles. The smallest absolute Gasteiger partial charge is 0.249 e. The Kier molecular flexibility index (Phi) is 5.28. The van der Waals surface area contributed by atoms with E-state index in [9.17, 15) is 9.59 Å². The van der Waals surface area contributed by atoms with E-state index in [-0.39, 0.29) is 17.9 Å². The Labute approximate surface area is 128 Å². The Hall–Kier alpha value is -1.06. The van der Waals surface area contributed by atoms with Crippen molar-refractivity contribution in [1.82, 2.24) is 10.2 Å². The van der Waals surface area contributed by atoms with Crippen molar-refractivity contribution in [3.8, 4) is 0 Å². The van der Waals surface area contributed by atoms with Gasteiger partial charge in [0, 0.05) is 6.54 Å². The molecular weight excluding hydrogens is 264 g/mol. The van der Waals surface area contributed by atoms with Gasteiger partial charge < -0.3 is 10.2 Å². The number of hydrogen-bond acceptors (Lipinski definition) is 2. The molecule has 4 heteroatoms. The average Bonchev–Trinajstić information content (AvgIpc) is 2.89. The molecule has 1 heterocycles. The highest BCUT2D eigenvalue weighted by molar-refractivity contribution is 6.00. The number of hydrogen-bond donors (Lipinski definition) is 1. The third kappa shape index (κ3) is 3.41. The zero-order valence-corrected chi connectivity index (χ0v) is 13.8. The van der Waals surface area contributed by atoms with Crippen molar-refractivity contribution in [2.45, 2.75) is 83.7 Å². The Morgan fingerprint density at radius 1 is 1.24 bits per heavy atom. The maximum Gasteiger partial charge on any atom is 0.249 e. The molecule has 0 radical (unpaired) electrons. The van der Waals surface area contributed by atoms with E-state index >= 15 is 0 Å². The summed E-state index contributed by atoms with van der Waals surface area (Å²) in [4.78, 5) is 27.2. The molecule has 21 heavy (non-hydrogen) atoms. The number of rotatable bonds is 6. The molecule has 1 spiro atoms. The van der Waals surface area contributed by atoms with Crippen LogP contribution in [0, 0.1) is 5.92 Å². The molecule has 120 valence electrons. The molecular formula is C17H30N2O2. The second-order valence-corrected chi connectivity index (χ2v) is 7.09. The molecule has 2 fully saturated rings. The van der Waals surface area contributed by atoms with Crippen LogP contribution in [0.15, 0.2) is 0 Å². The summed E-state index contributed by atoms with van der Waals surface area (Å²) in [6.45, 7) is 7.17. The predicted octanol–water partition coefficient (Wildman–Crippen LogP) is 2.86. The van der Waals surface area contributed by atoms with Gasteiger partial charge in [-0.05, 0) is 31.6 Å². The lowest BCUT2D eigenvalue weighted by Gasteiger charge is -2.44. The van der Waals surface area contributed by atoms with Crippen molar-refractivity contribution in [1.29, 1.82) is 0 Å². The van der Waals surface area contributed by atoms with E-state index < -0.39 is 5.54 Å². The fourth-order valence-electron chi connectivity index (χ4n) is 3.75. The van der Waals surface area contributed by atoms with Crippen molar-refractivity contribution in [2.75, 3.05) is 6.54 Å². The Morgan fingerprint density at radius 2 is 1.90 bits per heavy atom. The van der Waals surface area contributed by atoms with Crippen LogP contribution in [-0.2, 0) is 9.59 Å². The van der Waals surface area contributed by atoms with Gasteiger partial charge in [-0.2, -0.15) is 0 Å². The number of amides is 2. The molecule has 1 N–H and O–H groups in total. The molecule has 1 saturated heterocycles. The van der Waals surface area contributed by atoms with Crippen molar-refractivity contribution < 1.29 is 9.59 Å². The fourth-order valence-corrected chi connectivity index (χ4v) is 3.75. The van der Waals surface area contributed by atoms with Crippen molar-refractivity contribution in [3.05, 3.63) is 0 Å². The second kappa shape index (κ2) is 6.80. The van der Waals surface area contributed by atoms with E-state index in [2.05, 4.69) is 19.2 Å². The lowest BCUT2D eigenvalue weighted by atomic mass is 9.90. The minimum Gasteiger partial charge on any atom is -0.340 e. The van der Waals surface area contributed by atoms with Crippen LogP contribution in [0.25, 0.3) is 0 Å². The standard InChI is InChI=1S/C17H30N2O2/c1-4-14-15(20)18-17(10-6-7-11-17)16(21)19(14)12-8-5-9-13(2)3/h13-14H,4-12H2,1-3H3,(H,18,20). The van der Waals surface area contributed by atoms with Gasteiger partial charge >= 0.3 is 0 Å². The summed E-state index contributed by atoms with van der Waals surface area (Å²) in [5, 5.41) is 3.05. The van der Waals surface area contributed by atoms with E-state index in [0.29, 0.717) is 12.3 Å². The number of nitrogens with one attached hydrogen (secondary N) is 1. The van der Waals surface area contributed by atoms with Gasteiger partial charge in [0.15, 0.2) is 0 Å². The van der Waals surface area contributed by atoms with Crippen molar-refractivity contribution in [3.63, 3.8) is 0 Å². The van der Waals surface area contributed by atoms with Crippen LogP contribution < -0.4 is 5.32 Å². The summed E-state index contributed by atoms with van der Waals surface area (Å²) in [5.74, 6) is 0.937. The summed E-state index contributed by atoms with van der Waals surface area (Å²) in [5.41, 5.74) is -0.569.